The number of anilines is 1. The van der Waals surface area contributed by atoms with Crippen molar-refractivity contribution in [2.75, 3.05) is 11.9 Å². The fourth-order valence-electron chi connectivity index (χ4n) is 4.68. The number of aromatic nitrogens is 3. The number of rotatable bonds is 7. The number of nitrogens with zero attached hydrogens (tertiary/aromatic N) is 3. The third kappa shape index (κ3) is 7.13. The van der Waals surface area contributed by atoms with Gasteiger partial charge in [-0.3, -0.25) is 4.79 Å². The maximum atomic E-state index is 12.4. The van der Waals surface area contributed by atoms with Crippen molar-refractivity contribution >= 4 is 40.5 Å². The maximum Gasteiger partial charge on any atom is 0.407 e. The van der Waals surface area contributed by atoms with Crippen LogP contribution in [0.5, 0.6) is 0 Å². The van der Waals surface area contributed by atoms with Crippen molar-refractivity contribution in [2.24, 2.45) is 7.05 Å². The van der Waals surface area contributed by atoms with E-state index in [0.717, 1.165) is 42.1 Å². The molecule has 0 saturated heterocycles. The van der Waals surface area contributed by atoms with Crippen LogP contribution < -0.4 is 16.0 Å². The van der Waals surface area contributed by atoms with Gasteiger partial charge in [-0.05, 0) is 52.5 Å². The second kappa shape index (κ2) is 11.4. The number of amides is 2. The first-order chi connectivity index (χ1) is 17.6. The van der Waals surface area contributed by atoms with Crippen molar-refractivity contribution < 1.29 is 14.3 Å². The minimum Gasteiger partial charge on any atom is -0.444 e. The van der Waals surface area contributed by atoms with Crippen molar-refractivity contribution in [1.82, 2.24) is 25.2 Å². The summed E-state index contributed by atoms with van der Waals surface area (Å²) in [5.74, 6) is 0.425. The fraction of sp³-hybridized carbons (Fsp3) is 0.481. The van der Waals surface area contributed by atoms with Crippen LogP contribution in [0.1, 0.15) is 52.9 Å². The Balaban J connectivity index is 1.33. The number of benzene rings is 1. The summed E-state index contributed by atoms with van der Waals surface area (Å²) in [6, 6.07) is 8.32. The number of carbonyl (C=O) groups excluding carboxylic acids is 2. The summed E-state index contributed by atoms with van der Waals surface area (Å²) in [5.41, 5.74) is 2.19. The minimum absolute atomic E-state index is 0.0464. The number of nitrogens with one attached hydrogen (secondary N) is 3. The van der Waals surface area contributed by atoms with Crippen LogP contribution in [0.2, 0.25) is 5.02 Å². The molecule has 10 heteroatoms. The highest BCUT2D eigenvalue weighted by Gasteiger charge is 2.24. The van der Waals surface area contributed by atoms with Crippen LogP contribution in [0.15, 0.2) is 36.7 Å². The van der Waals surface area contributed by atoms with Gasteiger partial charge in [0, 0.05) is 54.8 Å². The van der Waals surface area contributed by atoms with Crippen LogP contribution in [0, 0.1) is 0 Å². The Bertz CT molecular complexity index is 1270. The van der Waals surface area contributed by atoms with Gasteiger partial charge in [0.1, 0.15) is 5.60 Å². The van der Waals surface area contributed by atoms with Gasteiger partial charge in [-0.25, -0.2) is 14.8 Å². The SMILES string of the molecule is Cn1cc(-c2nc(N[C@@H]3CCC[C@H](NC(=O)CCNC(=O)OC(C)(C)C)C3)ncc2Cl)c2ccccc21. The zero-order valence-corrected chi connectivity index (χ0v) is 22.6. The summed E-state index contributed by atoms with van der Waals surface area (Å²) in [7, 11) is 2.00. The van der Waals surface area contributed by atoms with Crippen molar-refractivity contribution in [2.45, 2.75) is 70.6 Å². The first-order valence-electron chi connectivity index (χ1n) is 12.7. The zero-order chi connectivity index (χ0) is 26.6. The highest BCUT2D eigenvalue weighted by Crippen LogP contribution is 2.34. The molecule has 198 valence electrons. The van der Waals surface area contributed by atoms with Crippen molar-refractivity contribution in [3.05, 3.63) is 41.7 Å². The van der Waals surface area contributed by atoms with Gasteiger partial charge in [-0.2, -0.15) is 0 Å². The monoisotopic (exact) mass is 526 g/mol. The number of para-hydroxylation sites is 1. The van der Waals surface area contributed by atoms with Gasteiger partial charge in [0.2, 0.25) is 11.9 Å². The van der Waals surface area contributed by atoms with Gasteiger partial charge in [-0.1, -0.05) is 29.8 Å². The van der Waals surface area contributed by atoms with E-state index in [4.69, 9.17) is 21.3 Å². The summed E-state index contributed by atoms with van der Waals surface area (Å²) in [6.07, 6.45) is 6.95. The molecule has 2 heterocycles. The molecule has 0 spiro atoms. The van der Waals surface area contributed by atoms with E-state index < -0.39 is 11.7 Å². The number of aryl methyl sites for hydroxylation is 1. The summed E-state index contributed by atoms with van der Waals surface area (Å²) in [5, 5.41) is 10.7. The molecule has 0 aliphatic heterocycles. The number of fused-ring (bicyclic) bond motifs is 1. The van der Waals surface area contributed by atoms with Gasteiger partial charge in [0.05, 0.1) is 16.9 Å². The smallest absolute Gasteiger partial charge is 0.407 e. The van der Waals surface area contributed by atoms with Gasteiger partial charge < -0.3 is 25.3 Å². The molecule has 1 aromatic carbocycles. The molecule has 2 atom stereocenters. The highest BCUT2D eigenvalue weighted by molar-refractivity contribution is 6.33. The number of ether oxygens (including phenoxy) is 1. The van der Waals surface area contributed by atoms with Crippen molar-refractivity contribution in [1.29, 1.82) is 0 Å². The Kier molecular flexibility index (Phi) is 8.22. The molecule has 4 rings (SSSR count). The van der Waals surface area contributed by atoms with E-state index >= 15 is 0 Å². The Morgan fingerprint density at radius 2 is 1.95 bits per heavy atom. The molecular weight excluding hydrogens is 492 g/mol. The number of hydrogen-bond acceptors (Lipinski definition) is 6. The first-order valence-corrected chi connectivity index (χ1v) is 13.1. The molecular formula is C27H35ClN6O3. The van der Waals surface area contributed by atoms with Crippen LogP contribution in [-0.4, -0.2) is 50.8 Å². The lowest BCUT2D eigenvalue weighted by atomic mass is 9.91. The molecule has 37 heavy (non-hydrogen) atoms. The topological polar surface area (TPSA) is 110 Å². The standard InChI is InChI=1S/C27H35ClN6O3/c1-27(2,3)37-26(36)29-13-12-23(35)31-17-8-7-9-18(14-17)32-25-30-15-21(28)24(33-25)20-16-34(4)22-11-6-5-10-19(20)22/h5-6,10-11,15-18H,7-9,12-14H2,1-4H3,(H,29,36)(H,31,35)(H,30,32,33)/t17-,18+/m0/s1. The van der Waals surface area contributed by atoms with E-state index in [9.17, 15) is 9.59 Å². The molecule has 2 amide bonds. The lowest BCUT2D eigenvalue weighted by molar-refractivity contribution is -0.121. The Morgan fingerprint density at radius 3 is 2.73 bits per heavy atom. The maximum absolute atomic E-state index is 12.4. The predicted octanol–water partition coefficient (Wildman–Crippen LogP) is 5.04. The average molecular weight is 527 g/mol. The Hall–Kier alpha value is -3.33. The van der Waals surface area contributed by atoms with Gasteiger partial charge in [0.25, 0.3) is 0 Å². The second-order valence-electron chi connectivity index (χ2n) is 10.5. The van der Waals surface area contributed by atoms with Crippen LogP contribution >= 0.6 is 11.6 Å². The molecule has 1 saturated carbocycles. The number of hydrogen-bond donors (Lipinski definition) is 3. The molecule has 3 aromatic rings. The largest absolute Gasteiger partial charge is 0.444 e. The summed E-state index contributed by atoms with van der Waals surface area (Å²) in [6.45, 7) is 5.62. The van der Waals surface area contributed by atoms with Gasteiger partial charge >= 0.3 is 6.09 Å². The van der Waals surface area contributed by atoms with Crippen molar-refractivity contribution in [3.8, 4) is 11.3 Å². The van der Waals surface area contributed by atoms with E-state index in [2.05, 4.69) is 37.6 Å². The lowest BCUT2D eigenvalue weighted by Gasteiger charge is -2.30. The van der Waals surface area contributed by atoms with Crippen molar-refractivity contribution in [3.63, 3.8) is 0 Å². The molecule has 3 N–H and O–H groups in total. The highest BCUT2D eigenvalue weighted by atomic mass is 35.5. The average Bonchev–Trinajstić information content (AvgIpc) is 3.16. The fourth-order valence-corrected chi connectivity index (χ4v) is 4.88. The predicted molar refractivity (Wildman–Crippen MR) is 146 cm³/mol. The van der Waals surface area contributed by atoms with E-state index in [1.165, 1.54) is 0 Å². The van der Waals surface area contributed by atoms with E-state index in [0.29, 0.717) is 16.7 Å². The molecule has 1 fully saturated rings. The van der Waals surface area contributed by atoms with Crippen LogP contribution in [0.4, 0.5) is 10.7 Å². The number of carbonyl (C=O) groups is 2. The van der Waals surface area contributed by atoms with Gasteiger partial charge in [-0.15, -0.1) is 0 Å². The molecule has 0 radical (unpaired) electrons. The lowest BCUT2D eigenvalue weighted by Crippen LogP contribution is -2.43. The number of halogens is 1. The van der Waals surface area contributed by atoms with E-state index in [1.807, 2.05) is 25.4 Å². The van der Waals surface area contributed by atoms with Crippen LogP contribution in [0.3, 0.4) is 0 Å². The zero-order valence-electron chi connectivity index (χ0n) is 21.8. The third-order valence-corrected chi connectivity index (χ3v) is 6.57. The van der Waals surface area contributed by atoms with Crippen LogP contribution in [-0.2, 0) is 16.6 Å². The molecule has 0 unspecified atom stereocenters. The Labute approximate surface area is 222 Å². The second-order valence-corrected chi connectivity index (χ2v) is 10.9. The first kappa shape index (κ1) is 26.7. The Morgan fingerprint density at radius 1 is 1.19 bits per heavy atom. The van der Waals surface area contributed by atoms with E-state index in [1.54, 1.807) is 27.0 Å². The number of alkyl carbamates (subject to hydrolysis) is 1. The third-order valence-electron chi connectivity index (χ3n) is 6.29. The summed E-state index contributed by atoms with van der Waals surface area (Å²) < 4.78 is 7.26. The van der Waals surface area contributed by atoms with E-state index in [-0.39, 0.29) is 31.0 Å². The molecule has 9 nitrogen and oxygen atoms in total. The molecule has 2 aromatic heterocycles. The minimum atomic E-state index is -0.570. The molecule has 1 aliphatic rings. The summed E-state index contributed by atoms with van der Waals surface area (Å²) in [4.78, 5) is 33.4. The quantitative estimate of drug-likeness (QED) is 0.397. The van der Waals surface area contributed by atoms with Crippen LogP contribution in [0.25, 0.3) is 22.2 Å². The summed E-state index contributed by atoms with van der Waals surface area (Å²) >= 11 is 6.51. The molecule has 1 aliphatic carbocycles. The molecule has 0 bridgehead atoms. The normalized spacial score (nSPS) is 17.9. The van der Waals surface area contributed by atoms with Gasteiger partial charge in [0.15, 0.2) is 0 Å².